The molecule has 1 atom stereocenters. The van der Waals surface area contributed by atoms with Crippen LogP contribution in [-0.2, 0) is 25.7 Å². The molecule has 4 heterocycles. The fraction of sp³-hybridized carbons (Fsp3) is 0.316. The summed E-state index contributed by atoms with van der Waals surface area (Å²) in [5.74, 6) is -0.178. The summed E-state index contributed by atoms with van der Waals surface area (Å²) in [6.45, 7) is 8.29. The SMILES string of the molecule is Cn1nc(-c2nc(N3CCN(C(=O)O)C(C(C)(C)C)C3)ncc2F)c2c1CN(C(c1ccccc1)(c1ccccc1)c1ccccc1)C2. The summed E-state index contributed by atoms with van der Waals surface area (Å²) in [4.78, 5) is 27.1. The Balaban J connectivity index is 1.30. The summed E-state index contributed by atoms with van der Waals surface area (Å²) in [7, 11) is 1.90. The van der Waals surface area contributed by atoms with Crippen molar-refractivity contribution in [3.63, 3.8) is 0 Å². The molecule has 2 aliphatic rings. The molecule has 5 aromatic rings. The fourth-order valence-electron chi connectivity index (χ4n) is 7.52. The van der Waals surface area contributed by atoms with Gasteiger partial charge in [0.15, 0.2) is 5.82 Å². The zero-order chi connectivity index (χ0) is 33.6. The van der Waals surface area contributed by atoms with E-state index in [-0.39, 0.29) is 17.2 Å². The highest BCUT2D eigenvalue weighted by molar-refractivity contribution is 5.67. The van der Waals surface area contributed by atoms with Gasteiger partial charge in [-0.3, -0.25) is 9.58 Å². The minimum Gasteiger partial charge on any atom is -0.465 e. The average Bonchev–Trinajstić information content (AvgIpc) is 3.66. The Hall–Kier alpha value is -5.09. The van der Waals surface area contributed by atoms with E-state index in [0.717, 1.165) is 27.9 Å². The van der Waals surface area contributed by atoms with Crippen molar-refractivity contribution >= 4 is 12.0 Å². The molecule has 3 aromatic carbocycles. The monoisotopic (exact) mass is 645 g/mol. The number of halogens is 1. The summed E-state index contributed by atoms with van der Waals surface area (Å²) < 4.78 is 17.6. The van der Waals surface area contributed by atoms with E-state index < -0.39 is 17.4 Å². The van der Waals surface area contributed by atoms with Crippen LogP contribution in [0, 0.1) is 11.2 Å². The second kappa shape index (κ2) is 12.2. The van der Waals surface area contributed by atoms with Crippen LogP contribution in [0.5, 0.6) is 0 Å². The first-order valence-electron chi connectivity index (χ1n) is 16.3. The summed E-state index contributed by atoms with van der Waals surface area (Å²) >= 11 is 0. The summed E-state index contributed by atoms with van der Waals surface area (Å²) in [5.41, 5.74) is 5.02. The normalized spacial score (nSPS) is 17.1. The highest BCUT2D eigenvalue weighted by atomic mass is 19.1. The maximum atomic E-state index is 15.8. The number of amides is 1. The van der Waals surface area contributed by atoms with E-state index in [1.807, 2.05) is 55.6 Å². The minimum absolute atomic E-state index is 0.149. The maximum absolute atomic E-state index is 15.8. The molecule has 2 aliphatic heterocycles. The van der Waals surface area contributed by atoms with Gasteiger partial charge in [0.05, 0.1) is 23.5 Å². The molecule has 0 radical (unpaired) electrons. The molecule has 0 bridgehead atoms. The van der Waals surface area contributed by atoms with Crippen molar-refractivity contribution in [2.75, 3.05) is 24.5 Å². The molecule has 0 spiro atoms. The molecule has 246 valence electrons. The largest absolute Gasteiger partial charge is 0.465 e. The molecule has 9 nitrogen and oxygen atoms in total. The van der Waals surface area contributed by atoms with Crippen molar-refractivity contribution in [3.05, 3.63) is 131 Å². The average molecular weight is 646 g/mol. The van der Waals surface area contributed by atoms with Gasteiger partial charge in [-0.2, -0.15) is 5.10 Å². The van der Waals surface area contributed by atoms with Crippen LogP contribution >= 0.6 is 0 Å². The summed E-state index contributed by atoms with van der Waals surface area (Å²) in [6, 6.07) is 31.3. The smallest absolute Gasteiger partial charge is 0.407 e. The number of aryl methyl sites for hydroxylation is 1. The Bertz CT molecular complexity index is 1830. The van der Waals surface area contributed by atoms with Gasteiger partial charge in [-0.15, -0.1) is 0 Å². The maximum Gasteiger partial charge on any atom is 0.407 e. The molecule has 48 heavy (non-hydrogen) atoms. The number of benzene rings is 3. The topological polar surface area (TPSA) is 90.6 Å². The number of hydrogen-bond acceptors (Lipinski definition) is 6. The van der Waals surface area contributed by atoms with Gasteiger partial charge in [0.25, 0.3) is 0 Å². The van der Waals surface area contributed by atoms with Crippen LogP contribution in [0.15, 0.2) is 97.2 Å². The Morgan fingerprint density at radius 3 is 1.92 bits per heavy atom. The van der Waals surface area contributed by atoms with E-state index in [0.29, 0.717) is 44.4 Å². The van der Waals surface area contributed by atoms with E-state index in [2.05, 4.69) is 82.7 Å². The number of aromatic nitrogens is 4. The zero-order valence-corrected chi connectivity index (χ0v) is 27.7. The molecule has 0 saturated carbocycles. The molecule has 1 amide bonds. The quantitative estimate of drug-likeness (QED) is 0.210. The molecular formula is C38H40FN7O2. The van der Waals surface area contributed by atoms with E-state index in [1.165, 1.54) is 11.1 Å². The summed E-state index contributed by atoms with van der Waals surface area (Å²) in [5, 5.41) is 14.7. The Morgan fingerprint density at radius 2 is 1.40 bits per heavy atom. The van der Waals surface area contributed by atoms with Crippen LogP contribution in [0.25, 0.3) is 11.4 Å². The van der Waals surface area contributed by atoms with Crippen molar-refractivity contribution in [1.29, 1.82) is 0 Å². The fourth-order valence-corrected chi connectivity index (χ4v) is 7.52. The van der Waals surface area contributed by atoms with Gasteiger partial charge in [0, 0.05) is 45.3 Å². The molecular weight excluding hydrogens is 605 g/mol. The number of rotatable bonds is 6. The molecule has 0 aliphatic carbocycles. The van der Waals surface area contributed by atoms with Crippen LogP contribution in [0.1, 0.15) is 48.7 Å². The molecule has 10 heteroatoms. The van der Waals surface area contributed by atoms with Crippen LogP contribution in [0.3, 0.4) is 0 Å². The molecule has 7 rings (SSSR count). The number of nitrogens with zero attached hydrogens (tertiary/aromatic N) is 7. The van der Waals surface area contributed by atoms with Gasteiger partial charge >= 0.3 is 6.09 Å². The zero-order valence-electron chi connectivity index (χ0n) is 27.7. The molecule has 2 aromatic heterocycles. The minimum atomic E-state index is -0.943. The van der Waals surface area contributed by atoms with Crippen molar-refractivity contribution in [3.8, 4) is 11.4 Å². The van der Waals surface area contributed by atoms with Gasteiger partial charge in [0.2, 0.25) is 5.95 Å². The van der Waals surface area contributed by atoms with Crippen molar-refractivity contribution in [2.45, 2.75) is 45.4 Å². The number of piperazine rings is 1. The van der Waals surface area contributed by atoms with E-state index in [4.69, 9.17) is 10.1 Å². The highest BCUT2D eigenvalue weighted by Gasteiger charge is 2.46. The van der Waals surface area contributed by atoms with E-state index in [1.54, 1.807) is 0 Å². The van der Waals surface area contributed by atoms with Crippen LogP contribution < -0.4 is 4.90 Å². The van der Waals surface area contributed by atoms with Gasteiger partial charge in [-0.1, -0.05) is 112 Å². The van der Waals surface area contributed by atoms with Crippen LogP contribution in [0.2, 0.25) is 0 Å². The number of carboxylic acid groups (broad SMARTS) is 1. The second-order valence-electron chi connectivity index (χ2n) is 13.7. The van der Waals surface area contributed by atoms with Crippen molar-refractivity contribution in [1.82, 2.24) is 29.5 Å². The second-order valence-corrected chi connectivity index (χ2v) is 13.7. The predicted octanol–water partition coefficient (Wildman–Crippen LogP) is 6.54. The van der Waals surface area contributed by atoms with Crippen LogP contribution in [-0.4, -0.2) is 66.4 Å². The lowest BCUT2D eigenvalue weighted by Crippen LogP contribution is -2.59. The van der Waals surface area contributed by atoms with Crippen molar-refractivity contribution in [2.24, 2.45) is 12.5 Å². The first-order valence-corrected chi connectivity index (χ1v) is 16.3. The highest BCUT2D eigenvalue weighted by Crippen LogP contribution is 2.47. The third-order valence-corrected chi connectivity index (χ3v) is 9.88. The molecule has 1 N–H and O–H groups in total. The van der Waals surface area contributed by atoms with Gasteiger partial charge < -0.3 is 14.9 Å². The standard InChI is InChI=1S/C38H40FN7O2/c1-37(2,3)32-25-44(20-21-46(32)36(47)48)35-40-22-30(39)34(41-35)33-29-23-45(24-31(29)43(4)42-33)38(26-14-8-5-9-15-26,27-16-10-6-11-17-27)28-18-12-7-13-19-28/h5-19,22,32H,20-21,23-25H2,1-4H3,(H,47,48). The number of anilines is 1. The van der Waals surface area contributed by atoms with Gasteiger partial charge in [-0.25, -0.2) is 19.2 Å². The third-order valence-electron chi connectivity index (χ3n) is 9.88. The number of carbonyl (C=O) groups is 1. The lowest BCUT2D eigenvalue weighted by atomic mass is 9.75. The summed E-state index contributed by atoms with van der Waals surface area (Å²) in [6.07, 6.45) is 0.269. The predicted molar refractivity (Wildman–Crippen MR) is 183 cm³/mol. The van der Waals surface area contributed by atoms with Gasteiger partial charge in [-0.05, 0) is 22.1 Å². The molecule has 1 saturated heterocycles. The number of fused-ring (bicyclic) bond motifs is 1. The Kier molecular flexibility index (Phi) is 7.99. The van der Waals surface area contributed by atoms with Gasteiger partial charge in [0.1, 0.15) is 11.4 Å². The first-order chi connectivity index (χ1) is 23.1. The molecule has 1 unspecified atom stereocenters. The Morgan fingerprint density at radius 1 is 0.833 bits per heavy atom. The van der Waals surface area contributed by atoms with E-state index in [9.17, 15) is 9.90 Å². The van der Waals surface area contributed by atoms with Crippen LogP contribution in [0.4, 0.5) is 15.1 Å². The third kappa shape index (κ3) is 5.30. The Labute approximate surface area is 280 Å². The number of hydrogen-bond donors (Lipinski definition) is 1. The van der Waals surface area contributed by atoms with E-state index >= 15 is 4.39 Å². The first kappa shape index (κ1) is 31.5. The lowest BCUT2D eigenvalue weighted by Gasteiger charge is -2.45. The molecule has 1 fully saturated rings. The van der Waals surface area contributed by atoms with Crippen molar-refractivity contribution < 1.29 is 14.3 Å². The lowest BCUT2D eigenvalue weighted by molar-refractivity contribution is 0.0745.